The SMILES string of the molecule is CN=C(NCc1cccc(OC)n1)N(C)Cc1cc(Br)cn1C.I. The minimum Gasteiger partial charge on any atom is -0.481 e. The third kappa shape index (κ3) is 5.66. The van der Waals surface area contributed by atoms with E-state index in [0.29, 0.717) is 12.4 Å². The number of aliphatic imine (C=N–C) groups is 1. The minimum atomic E-state index is 0. The summed E-state index contributed by atoms with van der Waals surface area (Å²) in [5.41, 5.74) is 2.10. The molecule has 2 heterocycles. The Morgan fingerprint density at radius 1 is 1.46 bits per heavy atom. The van der Waals surface area contributed by atoms with Gasteiger partial charge in [0.05, 0.1) is 25.9 Å². The first-order chi connectivity index (χ1) is 11.0. The summed E-state index contributed by atoms with van der Waals surface area (Å²) in [4.78, 5) is 10.8. The van der Waals surface area contributed by atoms with Gasteiger partial charge in [0.1, 0.15) is 0 Å². The Morgan fingerprint density at radius 3 is 2.79 bits per heavy atom. The number of ether oxygens (including phenoxy) is 1. The van der Waals surface area contributed by atoms with Gasteiger partial charge in [-0.05, 0) is 28.1 Å². The molecule has 0 bridgehead atoms. The molecule has 24 heavy (non-hydrogen) atoms. The molecular formula is C16H23BrIN5O. The highest BCUT2D eigenvalue weighted by Gasteiger charge is 2.10. The molecule has 0 aliphatic heterocycles. The van der Waals surface area contributed by atoms with Crippen LogP contribution in [0.15, 0.2) is 39.9 Å². The Morgan fingerprint density at radius 2 is 2.21 bits per heavy atom. The maximum absolute atomic E-state index is 5.14. The molecule has 0 aliphatic carbocycles. The van der Waals surface area contributed by atoms with Crippen molar-refractivity contribution in [3.8, 4) is 5.88 Å². The zero-order valence-corrected chi connectivity index (χ0v) is 18.2. The molecule has 0 saturated carbocycles. The van der Waals surface area contributed by atoms with Gasteiger partial charge in [0.15, 0.2) is 5.96 Å². The van der Waals surface area contributed by atoms with Crippen molar-refractivity contribution in [3.05, 3.63) is 46.3 Å². The molecule has 2 aromatic heterocycles. The average molecular weight is 508 g/mol. The van der Waals surface area contributed by atoms with E-state index < -0.39 is 0 Å². The second-order valence-electron chi connectivity index (χ2n) is 5.19. The number of guanidine groups is 1. The highest BCUT2D eigenvalue weighted by atomic mass is 127. The molecule has 0 radical (unpaired) electrons. The van der Waals surface area contributed by atoms with Gasteiger partial charge in [-0.15, -0.1) is 24.0 Å². The van der Waals surface area contributed by atoms with Gasteiger partial charge in [0.2, 0.25) is 5.88 Å². The first kappa shape index (κ1) is 20.8. The summed E-state index contributed by atoms with van der Waals surface area (Å²) in [5, 5.41) is 3.32. The average Bonchev–Trinajstić information content (AvgIpc) is 2.85. The lowest BCUT2D eigenvalue weighted by Crippen LogP contribution is -2.38. The van der Waals surface area contributed by atoms with Crippen molar-refractivity contribution in [2.45, 2.75) is 13.1 Å². The highest BCUT2D eigenvalue weighted by Crippen LogP contribution is 2.15. The maximum Gasteiger partial charge on any atom is 0.213 e. The quantitative estimate of drug-likeness (QED) is 0.384. The lowest BCUT2D eigenvalue weighted by atomic mass is 10.3. The van der Waals surface area contributed by atoms with Crippen LogP contribution < -0.4 is 10.1 Å². The Bertz CT molecular complexity index is 689. The molecule has 132 valence electrons. The highest BCUT2D eigenvalue weighted by molar-refractivity contribution is 14.0. The Kier molecular flexibility index (Phi) is 8.54. The molecule has 0 saturated heterocycles. The van der Waals surface area contributed by atoms with E-state index in [-0.39, 0.29) is 24.0 Å². The molecule has 1 N–H and O–H groups in total. The number of hydrogen-bond acceptors (Lipinski definition) is 3. The van der Waals surface area contributed by atoms with Crippen LogP contribution in [0.3, 0.4) is 0 Å². The van der Waals surface area contributed by atoms with Crippen LogP contribution in [0, 0.1) is 0 Å². The Balaban J connectivity index is 0.00000288. The third-order valence-corrected chi connectivity index (χ3v) is 3.90. The predicted octanol–water partition coefficient (Wildman–Crippen LogP) is 3.02. The number of halogens is 2. The van der Waals surface area contributed by atoms with E-state index in [1.807, 2.05) is 38.5 Å². The third-order valence-electron chi connectivity index (χ3n) is 3.47. The van der Waals surface area contributed by atoms with Crippen LogP contribution in [0.25, 0.3) is 0 Å². The van der Waals surface area contributed by atoms with Crippen LogP contribution >= 0.6 is 39.9 Å². The van der Waals surface area contributed by atoms with Crippen molar-refractivity contribution in [1.29, 1.82) is 0 Å². The Labute approximate surface area is 168 Å². The molecule has 8 heteroatoms. The molecule has 0 spiro atoms. The molecule has 0 amide bonds. The van der Waals surface area contributed by atoms with Crippen molar-refractivity contribution in [2.75, 3.05) is 21.2 Å². The second kappa shape index (κ2) is 9.87. The number of methoxy groups -OCH3 is 1. The molecule has 6 nitrogen and oxygen atoms in total. The zero-order chi connectivity index (χ0) is 16.8. The molecule has 0 unspecified atom stereocenters. The van der Waals surface area contributed by atoms with E-state index in [1.54, 1.807) is 14.2 Å². The number of nitrogens with one attached hydrogen (secondary N) is 1. The number of aromatic nitrogens is 2. The fraction of sp³-hybridized carbons (Fsp3) is 0.375. The molecule has 0 aromatic carbocycles. The van der Waals surface area contributed by atoms with Crippen molar-refractivity contribution in [2.24, 2.45) is 12.0 Å². The summed E-state index contributed by atoms with van der Waals surface area (Å²) in [6.45, 7) is 1.35. The van der Waals surface area contributed by atoms with Crippen LogP contribution in [0.2, 0.25) is 0 Å². The number of hydrogen-bond donors (Lipinski definition) is 1. The van der Waals surface area contributed by atoms with Crippen LogP contribution in [0.4, 0.5) is 0 Å². The molecule has 2 rings (SSSR count). The fourth-order valence-electron chi connectivity index (χ4n) is 2.27. The molecule has 2 aromatic rings. The maximum atomic E-state index is 5.14. The monoisotopic (exact) mass is 507 g/mol. The van der Waals surface area contributed by atoms with Gasteiger partial charge in [0, 0.05) is 43.6 Å². The van der Waals surface area contributed by atoms with E-state index >= 15 is 0 Å². The van der Waals surface area contributed by atoms with E-state index in [2.05, 4.69) is 46.8 Å². The molecule has 0 aliphatic rings. The number of nitrogens with zero attached hydrogens (tertiary/aromatic N) is 4. The van der Waals surface area contributed by atoms with E-state index in [9.17, 15) is 0 Å². The van der Waals surface area contributed by atoms with Crippen molar-refractivity contribution in [3.63, 3.8) is 0 Å². The minimum absolute atomic E-state index is 0. The number of rotatable bonds is 5. The van der Waals surface area contributed by atoms with Gasteiger partial charge in [-0.25, -0.2) is 4.98 Å². The van der Waals surface area contributed by atoms with Gasteiger partial charge in [-0.2, -0.15) is 0 Å². The number of pyridine rings is 1. The van der Waals surface area contributed by atoms with Crippen LogP contribution in [0.5, 0.6) is 5.88 Å². The van der Waals surface area contributed by atoms with Crippen molar-refractivity contribution in [1.82, 2.24) is 19.8 Å². The van der Waals surface area contributed by atoms with Gasteiger partial charge >= 0.3 is 0 Å². The normalized spacial score (nSPS) is 11.0. The van der Waals surface area contributed by atoms with E-state index in [1.165, 1.54) is 5.69 Å². The van der Waals surface area contributed by atoms with Crippen LogP contribution in [0.1, 0.15) is 11.4 Å². The van der Waals surface area contributed by atoms with Gasteiger partial charge < -0.3 is 19.5 Å². The van der Waals surface area contributed by atoms with Crippen molar-refractivity contribution < 1.29 is 4.74 Å². The summed E-state index contributed by atoms with van der Waals surface area (Å²) >= 11 is 3.50. The second-order valence-corrected chi connectivity index (χ2v) is 6.10. The smallest absolute Gasteiger partial charge is 0.213 e. The summed E-state index contributed by atoms with van der Waals surface area (Å²) in [7, 11) is 7.43. The standard InChI is InChI=1S/C16H22BrN5O.HI/c1-18-16(19-9-13-6-5-7-15(20-13)23-4)22(3)11-14-8-12(17)10-21(14)2;/h5-8,10H,9,11H2,1-4H3,(H,18,19);1H. The summed E-state index contributed by atoms with van der Waals surface area (Å²) in [6, 6.07) is 7.82. The first-order valence-electron chi connectivity index (χ1n) is 7.26. The lowest BCUT2D eigenvalue weighted by molar-refractivity contribution is 0.395. The van der Waals surface area contributed by atoms with Crippen LogP contribution in [-0.4, -0.2) is 41.6 Å². The van der Waals surface area contributed by atoms with Gasteiger partial charge in [-0.3, -0.25) is 4.99 Å². The lowest BCUT2D eigenvalue weighted by Gasteiger charge is -2.22. The Hall–Kier alpha value is -1.29. The van der Waals surface area contributed by atoms with E-state index in [4.69, 9.17) is 4.74 Å². The fourth-order valence-corrected chi connectivity index (χ4v) is 2.84. The van der Waals surface area contributed by atoms with E-state index in [0.717, 1.165) is 22.7 Å². The molecule has 0 atom stereocenters. The predicted molar refractivity (Wildman–Crippen MR) is 111 cm³/mol. The van der Waals surface area contributed by atoms with Crippen molar-refractivity contribution >= 4 is 45.9 Å². The number of aryl methyl sites for hydroxylation is 1. The zero-order valence-electron chi connectivity index (χ0n) is 14.3. The summed E-state index contributed by atoms with van der Waals surface area (Å²) in [5.74, 6) is 1.42. The largest absolute Gasteiger partial charge is 0.481 e. The topological polar surface area (TPSA) is 54.7 Å². The molecular weight excluding hydrogens is 485 g/mol. The summed E-state index contributed by atoms with van der Waals surface area (Å²) < 4.78 is 8.31. The van der Waals surface area contributed by atoms with Gasteiger partial charge in [0.25, 0.3) is 0 Å². The van der Waals surface area contributed by atoms with Gasteiger partial charge in [-0.1, -0.05) is 6.07 Å². The molecule has 0 fully saturated rings. The first-order valence-corrected chi connectivity index (χ1v) is 8.05. The van der Waals surface area contributed by atoms with Crippen LogP contribution in [-0.2, 0) is 20.1 Å². The summed E-state index contributed by atoms with van der Waals surface area (Å²) in [6.07, 6.45) is 2.04.